The maximum Gasteiger partial charge on any atom is 0.387 e. The van der Waals surface area contributed by atoms with Gasteiger partial charge in [0.05, 0.1) is 17.9 Å². The Morgan fingerprint density at radius 3 is 2.86 bits per heavy atom. The molecule has 0 atom stereocenters. The third kappa shape index (κ3) is 4.44. The second-order valence-corrected chi connectivity index (χ2v) is 4.11. The van der Waals surface area contributed by atoms with E-state index in [9.17, 15) is 13.6 Å². The average molecular weight is 297 g/mol. The molecule has 0 saturated carbocycles. The summed E-state index contributed by atoms with van der Waals surface area (Å²) >= 11 is 0. The van der Waals surface area contributed by atoms with E-state index in [1.54, 1.807) is 25.1 Å². The van der Waals surface area contributed by atoms with Gasteiger partial charge in [0.2, 0.25) is 11.8 Å². The second-order valence-electron chi connectivity index (χ2n) is 4.11. The van der Waals surface area contributed by atoms with Crippen LogP contribution in [0, 0.1) is 6.92 Å². The van der Waals surface area contributed by atoms with Gasteiger partial charge in [-0.3, -0.25) is 10.1 Å². The molecular formula is C13H13F2N3O3. The van der Waals surface area contributed by atoms with Gasteiger partial charge < -0.3 is 14.6 Å². The molecule has 0 fully saturated rings. The molecule has 112 valence electrons. The van der Waals surface area contributed by atoms with Crippen molar-refractivity contribution < 1.29 is 22.8 Å². The van der Waals surface area contributed by atoms with Crippen LogP contribution in [0.4, 0.5) is 20.4 Å². The lowest BCUT2D eigenvalue weighted by atomic mass is 10.3. The summed E-state index contributed by atoms with van der Waals surface area (Å²) < 4.78 is 33.7. The number of benzene rings is 1. The summed E-state index contributed by atoms with van der Waals surface area (Å²) in [7, 11) is 0. The molecule has 21 heavy (non-hydrogen) atoms. The molecule has 0 aliphatic heterocycles. The maximum absolute atomic E-state index is 12.2. The van der Waals surface area contributed by atoms with Gasteiger partial charge in [-0.05, 0) is 19.1 Å². The SMILES string of the molecule is Cc1cc(NC(=O)CNc2ccccc2OC(F)F)on1. The monoisotopic (exact) mass is 297 g/mol. The highest BCUT2D eigenvalue weighted by atomic mass is 19.3. The fourth-order valence-corrected chi connectivity index (χ4v) is 1.59. The molecule has 6 nitrogen and oxygen atoms in total. The number of hydrogen-bond donors (Lipinski definition) is 2. The summed E-state index contributed by atoms with van der Waals surface area (Å²) in [6.07, 6.45) is 0. The molecule has 0 spiro atoms. The zero-order valence-corrected chi connectivity index (χ0v) is 11.1. The summed E-state index contributed by atoms with van der Waals surface area (Å²) in [5.41, 5.74) is 0.927. The Kier molecular flexibility index (Phi) is 4.70. The minimum Gasteiger partial charge on any atom is -0.433 e. The van der Waals surface area contributed by atoms with Crippen molar-refractivity contribution in [3.8, 4) is 5.75 Å². The largest absolute Gasteiger partial charge is 0.433 e. The van der Waals surface area contributed by atoms with Crippen LogP contribution in [0.15, 0.2) is 34.9 Å². The van der Waals surface area contributed by atoms with Gasteiger partial charge >= 0.3 is 6.61 Å². The van der Waals surface area contributed by atoms with Crippen molar-refractivity contribution in [1.29, 1.82) is 0 Å². The van der Waals surface area contributed by atoms with Gasteiger partial charge in [0, 0.05) is 6.07 Å². The van der Waals surface area contributed by atoms with Crippen LogP contribution in [-0.4, -0.2) is 24.2 Å². The topological polar surface area (TPSA) is 76.4 Å². The van der Waals surface area contributed by atoms with E-state index in [2.05, 4.69) is 20.5 Å². The summed E-state index contributed by atoms with van der Waals surface area (Å²) in [6.45, 7) is -1.35. The molecule has 0 radical (unpaired) electrons. The van der Waals surface area contributed by atoms with E-state index in [1.165, 1.54) is 12.1 Å². The number of aromatic nitrogens is 1. The number of aryl methyl sites for hydroxylation is 1. The quantitative estimate of drug-likeness (QED) is 0.857. The number of carbonyl (C=O) groups is 1. The molecule has 0 aliphatic carbocycles. The van der Waals surface area contributed by atoms with Crippen LogP contribution in [0.25, 0.3) is 0 Å². The number of anilines is 2. The van der Waals surface area contributed by atoms with Crippen molar-refractivity contribution >= 4 is 17.5 Å². The van der Waals surface area contributed by atoms with Crippen LogP contribution < -0.4 is 15.4 Å². The number of alkyl halides is 2. The molecule has 0 bridgehead atoms. The first kappa shape index (κ1) is 14.8. The van der Waals surface area contributed by atoms with Gasteiger partial charge in [0.25, 0.3) is 0 Å². The number of nitrogens with one attached hydrogen (secondary N) is 2. The van der Waals surface area contributed by atoms with Crippen LogP contribution in [0.5, 0.6) is 5.75 Å². The van der Waals surface area contributed by atoms with Crippen LogP contribution in [-0.2, 0) is 4.79 Å². The molecule has 0 aliphatic rings. The van der Waals surface area contributed by atoms with Gasteiger partial charge in [-0.1, -0.05) is 17.3 Å². The Balaban J connectivity index is 1.92. The smallest absolute Gasteiger partial charge is 0.387 e. The predicted octanol–water partition coefficient (Wildman–Crippen LogP) is 2.64. The van der Waals surface area contributed by atoms with E-state index in [0.717, 1.165) is 0 Å². The number of nitrogens with zero attached hydrogens (tertiary/aromatic N) is 1. The molecular weight excluding hydrogens is 284 g/mol. The van der Waals surface area contributed by atoms with E-state index < -0.39 is 12.5 Å². The Morgan fingerprint density at radius 2 is 2.19 bits per heavy atom. The summed E-state index contributed by atoms with van der Waals surface area (Å²) in [6, 6.07) is 7.67. The van der Waals surface area contributed by atoms with Crippen LogP contribution >= 0.6 is 0 Å². The lowest BCUT2D eigenvalue weighted by Crippen LogP contribution is -2.21. The number of carbonyl (C=O) groups excluding carboxylic acids is 1. The molecule has 2 aromatic rings. The molecule has 2 N–H and O–H groups in total. The van der Waals surface area contributed by atoms with Crippen molar-refractivity contribution in [2.45, 2.75) is 13.5 Å². The summed E-state index contributed by atoms with van der Waals surface area (Å²) in [5, 5.41) is 8.81. The first-order valence-corrected chi connectivity index (χ1v) is 6.05. The van der Waals surface area contributed by atoms with Crippen molar-refractivity contribution in [1.82, 2.24) is 5.16 Å². The first-order valence-electron chi connectivity index (χ1n) is 6.05. The molecule has 1 aromatic carbocycles. The zero-order chi connectivity index (χ0) is 15.2. The van der Waals surface area contributed by atoms with Gasteiger partial charge in [-0.25, -0.2) is 0 Å². The standard InChI is InChI=1S/C13H13F2N3O3/c1-8-6-12(21-18-8)17-11(19)7-16-9-4-2-3-5-10(9)20-13(14)15/h2-6,13,16H,7H2,1H3,(H,17,19). The first-order chi connectivity index (χ1) is 10.0. The van der Waals surface area contributed by atoms with E-state index in [4.69, 9.17) is 4.52 Å². The van der Waals surface area contributed by atoms with Gasteiger partial charge in [0.15, 0.2) is 0 Å². The Hall–Kier alpha value is -2.64. The van der Waals surface area contributed by atoms with Gasteiger partial charge in [0.1, 0.15) is 5.75 Å². The molecule has 1 aromatic heterocycles. The number of rotatable bonds is 6. The number of ether oxygens (including phenoxy) is 1. The van der Waals surface area contributed by atoms with E-state index in [-0.39, 0.29) is 18.2 Å². The highest BCUT2D eigenvalue weighted by Gasteiger charge is 2.11. The minimum atomic E-state index is -2.93. The molecule has 1 heterocycles. The minimum absolute atomic E-state index is 0.0317. The predicted molar refractivity (Wildman–Crippen MR) is 71.4 cm³/mol. The van der Waals surface area contributed by atoms with Crippen LogP contribution in [0.3, 0.4) is 0 Å². The fraction of sp³-hybridized carbons (Fsp3) is 0.231. The van der Waals surface area contributed by atoms with Gasteiger partial charge in [-0.15, -0.1) is 0 Å². The second kappa shape index (κ2) is 6.69. The normalized spacial score (nSPS) is 10.5. The lowest BCUT2D eigenvalue weighted by molar-refractivity contribution is -0.114. The highest BCUT2D eigenvalue weighted by molar-refractivity contribution is 5.92. The Morgan fingerprint density at radius 1 is 1.43 bits per heavy atom. The third-order valence-electron chi connectivity index (χ3n) is 2.43. The van der Waals surface area contributed by atoms with Crippen molar-refractivity contribution in [3.63, 3.8) is 0 Å². The van der Waals surface area contributed by atoms with Crippen molar-refractivity contribution in [2.24, 2.45) is 0 Å². The number of halogens is 2. The fourth-order valence-electron chi connectivity index (χ4n) is 1.59. The average Bonchev–Trinajstić information content (AvgIpc) is 2.82. The third-order valence-corrected chi connectivity index (χ3v) is 2.43. The molecule has 0 unspecified atom stereocenters. The molecule has 0 saturated heterocycles. The molecule has 8 heteroatoms. The van der Waals surface area contributed by atoms with Crippen molar-refractivity contribution in [3.05, 3.63) is 36.0 Å². The number of amides is 1. The van der Waals surface area contributed by atoms with E-state index >= 15 is 0 Å². The molecule has 1 amide bonds. The zero-order valence-electron chi connectivity index (χ0n) is 11.1. The molecule has 2 rings (SSSR count). The van der Waals surface area contributed by atoms with Crippen molar-refractivity contribution in [2.75, 3.05) is 17.2 Å². The number of para-hydroxylation sites is 2. The lowest BCUT2D eigenvalue weighted by Gasteiger charge is -2.11. The van der Waals surface area contributed by atoms with E-state index in [1.807, 2.05) is 0 Å². The Labute approximate surface area is 119 Å². The highest BCUT2D eigenvalue weighted by Crippen LogP contribution is 2.25. The maximum atomic E-state index is 12.2. The van der Waals surface area contributed by atoms with Gasteiger partial charge in [-0.2, -0.15) is 8.78 Å². The van der Waals surface area contributed by atoms with Crippen LogP contribution in [0.2, 0.25) is 0 Å². The summed E-state index contributed by atoms with van der Waals surface area (Å²) in [4.78, 5) is 11.7. The van der Waals surface area contributed by atoms with E-state index in [0.29, 0.717) is 11.4 Å². The van der Waals surface area contributed by atoms with Crippen LogP contribution in [0.1, 0.15) is 5.69 Å². The Bertz CT molecular complexity index is 616. The number of hydrogen-bond acceptors (Lipinski definition) is 5. The summed E-state index contributed by atoms with van der Waals surface area (Å²) in [5.74, 6) is -0.217.